The first-order valence-electron chi connectivity index (χ1n) is 6.82. The molecule has 1 fully saturated rings. The molecule has 6 heteroatoms. The molecule has 1 unspecified atom stereocenters. The van der Waals surface area contributed by atoms with Gasteiger partial charge in [-0.25, -0.2) is 0 Å². The summed E-state index contributed by atoms with van der Waals surface area (Å²) in [5, 5.41) is 0. The Morgan fingerprint density at radius 1 is 1.33 bits per heavy atom. The molecule has 5 nitrogen and oxygen atoms in total. The second-order valence-corrected chi connectivity index (χ2v) is 5.81. The number of ether oxygens (including phenoxy) is 2. The van der Waals surface area contributed by atoms with Crippen molar-refractivity contribution < 1.29 is 19.1 Å². The van der Waals surface area contributed by atoms with E-state index in [2.05, 4.69) is 15.9 Å². The molecule has 0 N–H and O–H groups in total. The van der Waals surface area contributed by atoms with Gasteiger partial charge in [0, 0.05) is 17.6 Å². The first-order valence-corrected chi connectivity index (χ1v) is 7.62. The van der Waals surface area contributed by atoms with Crippen molar-refractivity contribution in [2.24, 2.45) is 0 Å². The first-order chi connectivity index (χ1) is 9.99. The minimum absolute atomic E-state index is 0.0900. The van der Waals surface area contributed by atoms with Gasteiger partial charge >= 0.3 is 0 Å². The summed E-state index contributed by atoms with van der Waals surface area (Å²) in [6, 6.07) is 5.17. The molecule has 1 aromatic rings. The van der Waals surface area contributed by atoms with Gasteiger partial charge in [-0.05, 0) is 32.0 Å². The summed E-state index contributed by atoms with van der Waals surface area (Å²) in [6.07, 6.45) is -0.643. The van der Waals surface area contributed by atoms with E-state index in [1.807, 2.05) is 0 Å². The number of hydrogen-bond acceptors (Lipinski definition) is 4. The second-order valence-electron chi connectivity index (χ2n) is 4.89. The van der Waals surface area contributed by atoms with Gasteiger partial charge in [0.05, 0.1) is 18.8 Å². The molecule has 0 saturated carbocycles. The van der Waals surface area contributed by atoms with E-state index in [1.54, 1.807) is 30.0 Å². The van der Waals surface area contributed by atoms with E-state index in [0.717, 1.165) is 4.47 Å². The molecule has 1 aliphatic rings. The van der Waals surface area contributed by atoms with E-state index in [1.165, 1.54) is 6.92 Å². The van der Waals surface area contributed by atoms with Crippen LogP contribution in [-0.2, 0) is 9.53 Å². The molecule has 1 saturated heterocycles. The predicted octanol–water partition coefficient (Wildman–Crippen LogP) is 2.28. The lowest BCUT2D eigenvalue weighted by Crippen LogP contribution is -2.46. The van der Waals surface area contributed by atoms with Gasteiger partial charge in [0.1, 0.15) is 5.75 Å². The van der Waals surface area contributed by atoms with Crippen LogP contribution in [0.2, 0.25) is 0 Å². The zero-order chi connectivity index (χ0) is 15.4. The summed E-state index contributed by atoms with van der Waals surface area (Å²) in [7, 11) is 0. The molecule has 0 bridgehead atoms. The normalized spacial score (nSPS) is 16.4. The maximum Gasteiger partial charge on any atom is 0.263 e. The molecule has 0 aromatic heterocycles. The van der Waals surface area contributed by atoms with E-state index in [9.17, 15) is 9.59 Å². The van der Waals surface area contributed by atoms with Crippen molar-refractivity contribution in [3.05, 3.63) is 28.2 Å². The Morgan fingerprint density at radius 3 is 2.62 bits per heavy atom. The third-order valence-corrected chi connectivity index (χ3v) is 3.79. The third-order valence-electron chi connectivity index (χ3n) is 3.30. The molecule has 1 heterocycles. The van der Waals surface area contributed by atoms with Crippen LogP contribution in [0, 0.1) is 0 Å². The quantitative estimate of drug-likeness (QED) is 0.777. The Balaban J connectivity index is 2.11. The van der Waals surface area contributed by atoms with Crippen molar-refractivity contribution in [3.63, 3.8) is 0 Å². The number of benzene rings is 1. The monoisotopic (exact) mass is 355 g/mol. The van der Waals surface area contributed by atoms with Gasteiger partial charge in [-0.1, -0.05) is 15.9 Å². The standard InChI is InChI=1S/C15H18BrNO4/c1-10(18)13-4-3-12(16)9-14(13)21-11(2)15(19)17-5-7-20-8-6-17/h3-4,9,11H,5-8H2,1-2H3. The highest BCUT2D eigenvalue weighted by Crippen LogP contribution is 2.25. The molecular formula is C15H18BrNO4. The van der Waals surface area contributed by atoms with Gasteiger partial charge in [-0.2, -0.15) is 0 Å². The van der Waals surface area contributed by atoms with Gasteiger partial charge in [-0.3, -0.25) is 9.59 Å². The van der Waals surface area contributed by atoms with Gasteiger partial charge in [-0.15, -0.1) is 0 Å². The Kier molecular flexibility index (Phi) is 5.36. The molecule has 2 rings (SSSR count). The molecule has 1 amide bonds. The van der Waals surface area contributed by atoms with E-state index in [4.69, 9.17) is 9.47 Å². The summed E-state index contributed by atoms with van der Waals surface area (Å²) in [5.74, 6) is 0.238. The van der Waals surface area contributed by atoms with Crippen LogP contribution in [0.1, 0.15) is 24.2 Å². The molecule has 0 aliphatic carbocycles. The van der Waals surface area contributed by atoms with Crippen LogP contribution in [0.4, 0.5) is 0 Å². The molecular weight excluding hydrogens is 338 g/mol. The third kappa shape index (κ3) is 4.04. The summed E-state index contributed by atoms with van der Waals surface area (Å²) in [4.78, 5) is 25.7. The highest BCUT2D eigenvalue weighted by Gasteiger charge is 2.24. The Morgan fingerprint density at radius 2 is 2.00 bits per heavy atom. The summed E-state index contributed by atoms with van der Waals surface area (Å²) in [6.45, 7) is 5.42. The molecule has 0 radical (unpaired) electrons. The number of morpholine rings is 1. The van der Waals surface area contributed by atoms with Crippen LogP contribution in [0.15, 0.2) is 22.7 Å². The number of carbonyl (C=O) groups excluding carboxylic acids is 2. The molecule has 1 aromatic carbocycles. The summed E-state index contributed by atoms with van der Waals surface area (Å²) in [5.41, 5.74) is 0.472. The first kappa shape index (κ1) is 16.0. The molecule has 114 valence electrons. The number of rotatable bonds is 4. The second kappa shape index (κ2) is 7.04. The smallest absolute Gasteiger partial charge is 0.263 e. The van der Waals surface area contributed by atoms with Crippen LogP contribution in [0.3, 0.4) is 0 Å². The predicted molar refractivity (Wildman–Crippen MR) is 81.6 cm³/mol. The number of halogens is 1. The minimum Gasteiger partial charge on any atom is -0.480 e. The van der Waals surface area contributed by atoms with E-state index < -0.39 is 6.10 Å². The van der Waals surface area contributed by atoms with Crippen molar-refractivity contribution in [1.82, 2.24) is 4.90 Å². The average molecular weight is 356 g/mol. The van der Waals surface area contributed by atoms with E-state index in [0.29, 0.717) is 37.6 Å². The molecule has 1 atom stereocenters. The molecule has 21 heavy (non-hydrogen) atoms. The van der Waals surface area contributed by atoms with E-state index >= 15 is 0 Å². The maximum absolute atomic E-state index is 12.3. The Hall–Kier alpha value is -1.40. The van der Waals surface area contributed by atoms with Gasteiger partial charge in [0.15, 0.2) is 11.9 Å². The molecule has 0 spiro atoms. The highest BCUT2D eigenvalue weighted by atomic mass is 79.9. The number of carbonyl (C=O) groups is 2. The van der Waals surface area contributed by atoms with Gasteiger partial charge in [0.2, 0.25) is 0 Å². The number of nitrogens with zero attached hydrogens (tertiary/aromatic N) is 1. The lowest BCUT2D eigenvalue weighted by Gasteiger charge is -2.29. The highest BCUT2D eigenvalue weighted by molar-refractivity contribution is 9.10. The SMILES string of the molecule is CC(=O)c1ccc(Br)cc1OC(C)C(=O)N1CCOCC1. The zero-order valence-electron chi connectivity index (χ0n) is 12.1. The van der Waals surface area contributed by atoms with Crippen molar-refractivity contribution in [3.8, 4) is 5.75 Å². The minimum atomic E-state index is -0.643. The van der Waals surface area contributed by atoms with Crippen molar-refractivity contribution in [2.45, 2.75) is 20.0 Å². The summed E-state index contributed by atoms with van der Waals surface area (Å²) >= 11 is 3.35. The van der Waals surface area contributed by atoms with Crippen LogP contribution in [0.5, 0.6) is 5.75 Å². The molecule has 1 aliphatic heterocycles. The Bertz CT molecular complexity index is 540. The fourth-order valence-corrected chi connectivity index (χ4v) is 2.51. The maximum atomic E-state index is 12.3. The van der Waals surface area contributed by atoms with Crippen molar-refractivity contribution in [1.29, 1.82) is 0 Å². The number of Topliss-reactive ketones (excluding diaryl/α,β-unsaturated/α-hetero) is 1. The van der Waals surface area contributed by atoms with Crippen molar-refractivity contribution in [2.75, 3.05) is 26.3 Å². The average Bonchev–Trinajstić information content (AvgIpc) is 2.47. The largest absolute Gasteiger partial charge is 0.480 e. The van der Waals surface area contributed by atoms with Crippen LogP contribution < -0.4 is 4.74 Å². The fourth-order valence-electron chi connectivity index (χ4n) is 2.17. The van der Waals surface area contributed by atoms with E-state index in [-0.39, 0.29) is 11.7 Å². The van der Waals surface area contributed by atoms with Gasteiger partial charge < -0.3 is 14.4 Å². The lowest BCUT2D eigenvalue weighted by molar-refractivity contribution is -0.142. The number of hydrogen-bond donors (Lipinski definition) is 0. The number of ketones is 1. The Labute approximate surface area is 132 Å². The van der Waals surface area contributed by atoms with Crippen LogP contribution in [-0.4, -0.2) is 49.0 Å². The zero-order valence-corrected chi connectivity index (χ0v) is 13.7. The fraction of sp³-hybridized carbons (Fsp3) is 0.467. The summed E-state index contributed by atoms with van der Waals surface area (Å²) < 4.78 is 11.7. The topological polar surface area (TPSA) is 55.8 Å². The van der Waals surface area contributed by atoms with Gasteiger partial charge in [0.25, 0.3) is 5.91 Å². The van der Waals surface area contributed by atoms with Crippen LogP contribution in [0.25, 0.3) is 0 Å². The van der Waals surface area contributed by atoms with Crippen molar-refractivity contribution >= 4 is 27.6 Å². The lowest BCUT2D eigenvalue weighted by atomic mass is 10.1. The number of amides is 1. The van der Waals surface area contributed by atoms with Crippen LogP contribution >= 0.6 is 15.9 Å².